The van der Waals surface area contributed by atoms with E-state index < -0.39 is 0 Å². The van der Waals surface area contributed by atoms with Crippen LogP contribution in [-0.2, 0) is 0 Å². The molecule has 1 N–H and O–H groups in total. The zero-order valence-corrected chi connectivity index (χ0v) is 28.2. The van der Waals surface area contributed by atoms with Crippen molar-refractivity contribution in [2.75, 3.05) is 10.2 Å². The molecule has 1 saturated carbocycles. The van der Waals surface area contributed by atoms with Gasteiger partial charge in [-0.15, -0.1) is 0 Å². The molecule has 0 saturated heterocycles. The Balaban J connectivity index is 1.09. The lowest BCUT2D eigenvalue weighted by atomic mass is 9.69. The van der Waals surface area contributed by atoms with Crippen molar-refractivity contribution in [2.45, 2.75) is 44.6 Å². The molecule has 240 valence electrons. The molecule has 4 heteroatoms. The number of hydrogen-bond donors (Lipinski definition) is 1. The first-order chi connectivity index (χ1) is 24.5. The van der Waals surface area contributed by atoms with Crippen LogP contribution < -0.4 is 10.2 Å². The molecule has 2 aliphatic rings. The lowest BCUT2D eigenvalue weighted by Gasteiger charge is -2.45. The quantitative estimate of drug-likeness (QED) is 0.196. The summed E-state index contributed by atoms with van der Waals surface area (Å²) < 4.78 is 0. The van der Waals surface area contributed by atoms with Gasteiger partial charge in [0.05, 0.1) is 29.1 Å². The van der Waals surface area contributed by atoms with E-state index in [1.165, 1.54) is 22.4 Å². The van der Waals surface area contributed by atoms with Gasteiger partial charge in [-0.2, -0.15) is 10.5 Å². The number of para-hydroxylation sites is 1. The molecule has 8 rings (SSSR count). The molecule has 0 amide bonds. The molecule has 0 bridgehead atoms. The number of nitriles is 2. The number of fused-ring (bicyclic) bond motifs is 3. The Morgan fingerprint density at radius 2 is 1.48 bits per heavy atom. The zero-order chi connectivity index (χ0) is 34.2. The smallest absolute Gasteiger partial charge is 0.0992 e. The maximum absolute atomic E-state index is 9.95. The summed E-state index contributed by atoms with van der Waals surface area (Å²) in [6.07, 6.45) is 2.64. The fourth-order valence-electron chi connectivity index (χ4n) is 8.16. The molecule has 1 heterocycles. The molecular formula is C46H36N4. The minimum absolute atomic E-state index is 0.0644. The van der Waals surface area contributed by atoms with Crippen molar-refractivity contribution in [1.82, 2.24) is 0 Å². The van der Waals surface area contributed by atoms with Crippen molar-refractivity contribution in [2.24, 2.45) is 5.92 Å². The van der Waals surface area contributed by atoms with Crippen LogP contribution >= 0.6 is 0 Å². The van der Waals surface area contributed by atoms with Crippen molar-refractivity contribution in [3.63, 3.8) is 0 Å². The van der Waals surface area contributed by atoms with Crippen molar-refractivity contribution < 1.29 is 0 Å². The molecule has 6 aromatic rings. The van der Waals surface area contributed by atoms with Gasteiger partial charge < -0.3 is 10.2 Å². The van der Waals surface area contributed by atoms with Crippen molar-refractivity contribution in [3.8, 4) is 45.5 Å². The van der Waals surface area contributed by atoms with Crippen LogP contribution in [0.2, 0.25) is 0 Å². The predicted octanol–water partition coefficient (Wildman–Crippen LogP) is 11.5. The summed E-state index contributed by atoms with van der Waals surface area (Å²) >= 11 is 0. The van der Waals surface area contributed by atoms with Crippen LogP contribution in [-0.4, -0.2) is 5.54 Å². The van der Waals surface area contributed by atoms with E-state index in [9.17, 15) is 10.5 Å². The first kappa shape index (κ1) is 31.0. The minimum atomic E-state index is -0.189. The van der Waals surface area contributed by atoms with Crippen molar-refractivity contribution in [3.05, 3.63) is 156 Å². The molecule has 4 nitrogen and oxygen atoms in total. The van der Waals surface area contributed by atoms with Gasteiger partial charge in [0, 0.05) is 39.9 Å². The van der Waals surface area contributed by atoms with E-state index in [2.05, 4.69) is 158 Å². The van der Waals surface area contributed by atoms with Gasteiger partial charge in [0.1, 0.15) is 0 Å². The van der Waals surface area contributed by atoms with Crippen LogP contribution in [0.25, 0.3) is 33.4 Å². The third-order valence-corrected chi connectivity index (χ3v) is 10.8. The second-order valence-corrected chi connectivity index (χ2v) is 13.7. The number of anilines is 4. The fourth-order valence-corrected chi connectivity index (χ4v) is 8.16. The van der Waals surface area contributed by atoms with Crippen LogP contribution in [0.15, 0.2) is 127 Å². The number of nitrogens with one attached hydrogen (secondary N) is 1. The largest absolute Gasteiger partial charge is 0.348 e. The predicted molar refractivity (Wildman–Crippen MR) is 202 cm³/mol. The molecule has 0 aromatic heterocycles. The Kier molecular flexibility index (Phi) is 7.84. The van der Waals surface area contributed by atoms with Gasteiger partial charge in [-0.25, -0.2) is 0 Å². The van der Waals surface area contributed by atoms with Gasteiger partial charge in [-0.05, 0) is 115 Å². The fraction of sp³-hybridized carbons (Fsp3) is 0.174. The third-order valence-electron chi connectivity index (χ3n) is 10.8. The van der Waals surface area contributed by atoms with E-state index in [-0.39, 0.29) is 17.4 Å². The molecule has 50 heavy (non-hydrogen) atoms. The molecule has 1 aliphatic heterocycles. The second-order valence-electron chi connectivity index (χ2n) is 13.7. The average Bonchev–Trinajstić information content (AvgIpc) is 3.43. The molecule has 1 aliphatic carbocycles. The SMILES string of the molecule is Cc1ccccc1-c1ccc#cc1Nc1ccc(-c2ccc(-c3ccc(C#N)cc3N3c4ccccc4C4CC(C#N)CCC43C)cc2)cc1. The van der Waals surface area contributed by atoms with Gasteiger partial charge in [-0.3, -0.25) is 0 Å². The highest BCUT2D eigenvalue weighted by atomic mass is 15.2. The van der Waals surface area contributed by atoms with Crippen LogP contribution in [0.5, 0.6) is 0 Å². The van der Waals surface area contributed by atoms with E-state index >= 15 is 0 Å². The topological polar surface area (TPSA) is 62.9 Å². The van der Waals surface area contributed by atoms with Crippen molar-refractivity contribution >= 4 is 22.7 Å². The van der Waals surface area contributed by atoms with Crippen molar-refractivity contribution in [1.29, 1.82) is 10.5 Å². The van der Waals surface area contributed by atoms with Gasteiger partial charge in [0.15, 0.2) is 0 Å². The van der Waals surface area contributed by atoms with Gasteiger partial charge in [-0.1, -0.05) is 91.0 Å². The van der Waals surface area contributed by atoms with Gasteiger partial charge >= 0.3 is 0 Å². The van der Waals surface area contributed by atoms with E-state index in [4.69, 9.17) is 0 Å². The highest BCUT2D eigenvalue weighted by molar-refractivity contribution is 5.88. The van der Waals surface area contributed by atoms with E-state index in [1.54, 1.807) is 0 Å². The summed E-state index contributed by atoms with van der Waals surface area (Å²) in [6, 6.07) is 55.6. The molecule has 0 radical (unpaired) electrons. The van der Waals surface area contributed by atoms with E-state index in [0.29, 0.717) is 5.56 Å². The molecule has 0 spiro atoms. The number of benzene rings is 5. The molecule has 3 unspecified atom stereocenters. The Morgan fingerprint density at radius 1 is 0.760 bits per heavy atom. The summed E-state index contributed by atoms with van der Waals surface area (Å²) in [6.45, 7) is 4.47. The van der Waals surface area contributed by atoms with Gasteiger partial charge in [0.25, 0.3) is 0 Å². The number of rotatable bonds is 6. The van der Waals surface area contributed by atoms with Crippen LogP contribution in [0.3, 0.4) is 0 Å². The number of nitrogens with zero attached hydrogens (tertiary/aromatic N) is 3. The molecule has 6 aromatic carbocycles. The number of hydrogen-bond acceptors (Lipinski definition) is 4. The highest BCUT2D eigenvalue weighted by Crippen LogP contribution is 2.59. The Bertz CT molecular complexity index is 2290. The maximum Gasteiger partial charge on any atom is 0.0992 e. The lowest BCUT2D eigenvalue weighted by molar-refractivity contribution is 0.256. The normalized spacial score (nSPS) is 19.0. The second kappa shape index (κ2) is 12.6. The summed E-state index contributed by atoms with van der Waals surface area (Å²) in [4.78, 5) is 2.48. The van der Waals surface area contributed by atoms with Crippen LogP contribution in [0, 0.1) is 47.6 Å². The first-order valence-electron chi connectivity index (χ1n) is 17.3. The molecule has 1 fully saturated rings. The lowest BCUT2D eigenvalue weighted by Crippen LogP contribution is -2.47. The Hall–Kier alpha value is -6.28. The van der Waals surface area contributed by atoms with Crippen LogP contribution in [0.4, 0.5) is 22.7 Å². The molecular weight excluding hydrogens is 609 g/mol. The van der Waals surface area contributed by atoms with E-state index in [1.807, 2.05) is 18.2 Å². The van der Waals surface area contributed by atoms with E-state index in [0.717, 1.165) is 64.1 Å². The standard InChI is InChI=1S/C46H36N4/c1-31-9-3-4-10-38(31)40-11-5-7-13-43(40)49-37-22-20-35(21-23-37)34-16-18-36(19-17-34)39-24-15-32(29-47)28-45(39)50-44-14-8-6-12-41(44)42-27-33(30-48)25-26-46(42,50)2/h3-6,8-12,14-24,28,33,42,49H,25-27H2,1-2H3. The summed E-state index contributed by atoms with van der Waals surface area (Å²) in [5.41, 5.74) is 13.8. The van der Waals surface area contributed by atoms with Crippen LogP contribution in [0.1, 0.15) is 48.8 Å². The summed E-state index contributed by atoms with van der Waals surface area (Å²) in [5, 5.41) is 23.3. The summed E-state index contributed by atoms with van der Waals surface area (Å²) in [7, 11) is 0. The monoisotopic (exact) mass is 644 g/mol. The summed E-state index contributed by atoms with van der Waals surface area (Å²) in [5.74, 6) is 0.317. The number of aryl methyl sites for hydroxylation is 1. The zero-order valence-electron chi connectivity index (χ0n) is 28.2. The first-order valence-corrected chi connectivity index (χ1v) is 17.3. The average molecular weight is 645 g/mol. The Morgan fingerprint density at radius 3 is 2.24 bits per heavy atom. The Labute approximate surface area is 294 Å². The van der Waals surface area contributed by atoms with Gasteiger partial charge in [0.2, 0.25) is 0 Å². The third kappa shape index (κ3) is 5.35. The molecule has 3 atom stereocenters. The minimum Gasteiger partial charge on any atom is -0.348 e. The highest BCUT2D eigenvalue weighted by Gasteiger charge is 2.52. The maximum atomic E-state index is 9.95.